The van der Waals surface area contributed by atoms with Crippen LogP contribution in [0.15, 0.2) is 48.5 Å². The van der Waals surface area contributed by atoms with Crippen LogP contribution in [0.2, 0.25) is 0 Å². The predicted octanol–water partition coefficient (Wildman–Crippen LogP) is 3.31. The number of hydrogen-bond donors (Lipinski definition) is 2. The Morgan fingerprint density at radius 3 is 2.48 bits per heavy atom. The highest BCUT2D eigenvalue weighted by atomic mass is 16.3. The minimum atomic E-state index is -0.608. The van der Waals surface area contributed by atoms with E-state index >= 15 is 0 Å². The summed E-state index contributed by atoms with van der Waals surface area (Å²) in [5.74, 6) is 0.0844. The third kappa shape index (κ3) is 3.96. The summed E-state index contributed by atoms with van der Waals surface area (Å²) in [6.45, 7) is 7.52. The number of aliphatic hydroxyl groups is 1. The van der Waals surface area contributed by atoms with E-state index < -0.39 is 5.60 Å². The summed E-state index contributed by atoms with van der Waals surface area (Å²) in [6.07, 6.45) is 3.38. The van der Waals surface area contributed by atoms with Crippen molar-refractivity contribution in [2.24, 2.45) is 11.7 Å². The van der Waals surface area contributed by atoms with Crippen molar-refractivity contribution in [3.8, 4) is 0 Å². The molecule has 2 aliphatic rings. The van der Waals surface area contributed by atoms with Crippen LogP contribution in [-0.4, -0.2) is 41.1 Å². The predicted molar refractivity (Wildman–Crippen MR) is 116 cm³/mol. The molecule has 0 aromatic heterocycles. The summed E-state index contributed by atoms with van der Waals surface area (Å²) in [5.41, 5.74) is 9.28. The second-order valence-electron chi connectivity index (χ2n) is 9.41. The van der Waals surface area contributed by atoms with Gasteiger partial charge in [0.2, 0.25) is 5.91 Å². The molecule has 0 spiro atoms. The molecule has 1 aliphatic heterocycles. The maximum atomic E-state index is 11.6. The Morgan fingerprint density at radius 2 is 1.86 bits per heavy atom. The number of likely N-dealkylation sites (tertiary alicyclic amines) is 1. The zero-order valence-corrected chi connectivity index (χ0v) is 17.5. The number of piperidine rings is 1. The van der Waals surface area contributed by atoms with Gasteiger partial charge in [0.15, 0.2) is 0 Å². The van der Waals surface area contributed by atoms with Gasteiger partial charge in [-0.2, -0.15) is 0 Å². The SMILES string of the molecule is CC1CN(CCC2(O)Cc3ccccc3C2)CCC1(C)c1cccc(C(N)=O)c1. The number of fused-ring (bicyclic) bond motifs is 1. The molecule has 3 N–H and O–H groups in total. The van der Waals surface area contributed by atoms with Crippen LogP contribution in [-0.2, 0) is 18.3 Å². The van der Waals surface area contributed by atoms with Crippen LogP contribution in [0.25, 0.3) is 0 Å². The fourth-order valence-corrected chi connectivity index (χ4v) is 5.19. The molecule has 1 aliphatic carbocycles. The highest BCUT2D eigenvalue weighted by Crippen LogP contribution is 2.40. The lowest BCUT2D eigenvalue weighted by molar-refractivity contribution is 0.0206. The number of nitrogens with zero attached hydrogens (tertiary/aromatic N) is 1. The van der Waals surface area contributed by atoms with E-state index in [1.807, 2.05) is 12.1 Å². The third-order valence-electron chi connectivity index (χ3n) is 7.42. The van der Waals surface area contributed by atoms with Crippen LogP contribution in [0.1, 0.15) is 53.7 Å². The summed E-state index contributed by atoms with van der Waals surface area (Å²) in [5, 5.41) is 11.1. The lowest BCUT2D eigenvalue weighted by Crippen LogP contribution is -2.48. The molecular formula is C25H32N2O2. The van der Waals surface area contributed by atoms with E-state index in [1.54, 1.807) is 6.07 Å². The van der Waals surface area contributed by atoms with Gasteiger partial charge in [-0.3, -0.25) is 4.79 Å². The minimum Gasteiger partial charge on any atom is -0.389 e. The fourth-order valence-electron chi connectivity index (χ4n) is 5.19. The van der Waals surface area contributed by atoms with Crippen LogP contribution >= 0.6 is 0 Å². The summed E-state index contributed by atoms with van der Waals surface area (Å²) < 4.78 is 0. The Labute approximate surface area is 173 Å². The summed E-state index contributed by atoms with van der Waals surface area (Å²) in [4.78, 5) is 14.1. The molecular weight excluding hydrogens is 360 g/mol. The minimum absolute atomic E-state index is 0.0302. The molecule has 4 rings (SSSR count). The van der Waals surface area contributed by atoms with Gasteiger partial charge in [-0.15, -0.1) is 0 Å². The van der Waals surface area contributed by atoms with Crippen LogP contribution in [0.5, 0.6) is 0 Å². The van der Waals surface area contributed by atoms with Crippen molar-refractivity contribution in [1.29, 1.82) is 0 Å². The molecule has 1 saturated heterocycles. The molecule has 0 saturated carbocycles. The van der Waals surface area contributed by atoms with E-state index in [0.717, 1.165) is 45.3 Å². The first kappa shape index (κ1) is 20.1. The largest absolute Gasteiger partial charge is 0.389 e. The standard InChI is InChI=1S/C25H32N2O2/c1-18-17-27(13-11-25(29)15-20-6-3-4-7-21(20)16-25)12-10-24(18,2)22-9-5-8-19(14-22)23(26)28/h3-9,14,18,29H,10-13,15-17H2,1-2H3,(H2,26,28). The molecule has 1 amide bonds. The van der Waals surface area contributed by atoms with E-state index in [9.17, 15) is 9.90 Å². The molecule has 4 heteroatoms. The summed E-state index contributed by atoms with van der Waals surface area (Å²) in [6, 6.07) is 16.2. The number of amides is 1. The maximum absolute atomic E-state index is 11.6. The number of rotatable bonds is 5. The summed E-state index contributed by atoms with van der Waals surface area (Å²) in [7, 11) is 0. The van der Waals surface area contributed by atoms with Crippen molar-refractivity contribution < 1.29 is 9.90 Å². The van der Waals surface area contributed by atoms with Crippen LogP contribution in [0, 0.1) is 5.92 Å². The average Bonchev–Trinajstić information content (AvgIpc) is 3.05. The van der Waals surface area contributed by atoms with Crippen molar-refractivity contribution in [3.63, 3.8) is 0 Å². The molecule has 154 valence electrons. The summed E-state index contributed by atoms with van der Waals surface area (Å²) >= 11 is 0. The molecule has 1 heterocycles. The third-order valence-corrected chi connectivity index (χ3v) is 7.42. The van der Waals surface area contributed by atoms with Gasteiger partial charge in [0.1, 0.15) is 0 Å². The molecule has 0 bridgehead atoms. The Bertz CT molecular complexity index is 884. The number of hydrogen-bond acceptors (Lipinski definition) is 3. The number of carbonyl (C=O) groups is 1. The first-order valence-electron chi connectivity index (χ1n) is 10.7. The van der Waals surface area contributed by atoms with Gasteiger partial charge >= 0.3 is 0 Å². The van der Waals surface area contributed by atoms with Crippen molar-refractivity contribution in [2.45, 2.75) is 50.5 Å². The second-order valence-corrected chi connectivity index (χ2v) is 9.41. The fraction of sp³-hybridized carbons (Fsp3) is 0.480. The Kier molecular flexibility index (Phi) is 5.26. The van der Waals surface area contributed by atoms with Crippen LogP contribution < -0.4 is 5.73 Å². The lowest BCUT2D eigenvalue weighted by atomic mass is 9.67. The molecule has 2 atom stereocenters. The van der Waals surface area contributed by atoms with E-state index in [-0.39, 0.29) is 11.3 Å². The van der Waals surface area contributed by atoms with Crippen molar-refractivity contribution >= 4 is 5.91 Å². The first-order valence-corrected chi connectivity index (χ1v) is 10.7. The molecule has 4 nitrogen and oxygen atoms in total. The van der Waals surface area contributed by atoms with Crippen molar-refractivity contribution in [3.05, 3.63) is 70.8 Å². The number of carbonyl (C=O) groups excluding carboxylic acids is 1. The molecule has 29 heavy (non-hydrogen) atoms. The van der Waals surface area contributed by atoms with Gasteiger partial charge in [-0.25, -0.2) is 0 Å². The maximum Gasteiger partial charge on any atom is 0.248 e. The van der Waals surface area contributed by atoms with Crippen molar-refractivity contribution in [1.82, 2.24) is 4.90 Å². The monoisotopic (exact) mass is 392 g/mol. The van der Waals surface area contributed by atoms with Gasteiger partial charge in [0, 0.05) is 31.5 Å². The average molecular weight is 393 g/mol. The van der Waals surface area contributed by atoms with E-state index in [1.165, 1.54) is 16.7 Å². The zero-order valence-electron chi connectivity index (χ0n) is 17.5. The van der Waals surface area contributed by atoms with Crippen LogP contribution in [0.3, 0.4) is 0 Å². The zero-order chi connectivity index (χ0) is 20.6. The normalized spacial score (nSPS) is 26.2. The quantitative estimate of drug-likeness (QED) is 0.820. The van der Waals surface area contributed by atoms with E-state index in [0.29, 0.717) is 11.5 Å². The second kappa shape index (κ2) is 7.58. The van der Waals surface area contributed by atoms with Gasteiger partial charge in [0.05, 0.1) is 5.60 Å². The molecule has 2 aromatic carbocycles. The highest BCUT2D eigenvalue weighted by molar-refractivity contribution is 5.92. The molecule has 2 aromatic rings. The van der Waals surface area contributed by atoms with Crippen molar-refractivity contribution in [2.75, 3.05) is 19.6 Å². The molecule has 2 unspecified atom stereocenters. The lowest BCUT2D eigenvalue weighted by Gasteiger charge is -2.45. The molecule has 1 fully saturated rings. The smallest absolute Gasteiger partial charge is 0.248 e. The first-order chi connectivity index (χ1) is 13.8. The number of nitrogens with two attached hydrogens (primary N) is 1. The van der Waals surface area contributed by atoms with Gasteiger partial charge in [-0.05, 0) is 59.5 Å². The topological polar surface area (TPSA) is 66.6 Å². The van der Waals surface area contributed by atoms with Crippen LogP contribution in [0.4, 0.5) is 0 Å². The van der Waals surface area contributed by atoms with E-state index in [2.05, 4.69) is 49.1 Å². The Morgan fingerprint density at radius 1 is 1.17 bits per heavy atom. The van der Waals surface area contributed by atoms with Gasteiger partial charge in [-0.1, -0.05) is 50.2 Å². The molecule has 0 radical (unpaired) electrons. The van der Waals surface area contributed by atoms with E-state index in [4.69, 9.17) is 5.73 Å². The van der Waals surface area contributed by atoms with Gasteiger partial charge in [0.25, 0.3) is 0 Å². The number of benzene rings is 2. The Balaban J connectivity index is 1.38. The van der Waals surface area contributed by atoms with Gasteiger partial charge < -0.3 is 15.7 Å². The number of primary amides is 1. The Hall–Kier alpha value is -2.17. The highest BCUT2D eigenvalue weighted by Gasteiger charge is 2.40.